The first-order valence-corrected chi connectivity index (χ1v) is 9.87. The van der Waals surface area contributed by atoms with Crippen LogP contribution < -0.4 is 0 Å². The second-order valence-corrected chi connectivity index (χ2v) is 10.2. The number of hydrogen-bond acceptors (Lipinski definition) is 5. The van der Waals surface area contributed by atoms with Crippen LogP contribution >= 0.6 is 0 Å². The Morgan fingerprint density at radius 3 is 2.31 bits per heavy atom. The maximum absolute atomic E-state index is 13.7. The molecule has 0 bridgehead atoms. The summed E-state index contributed by atoms with van der Waals surface area (Å²) in [5, 5.41) is 21.9. The van der Waals surface area contributed by atoms with Crippen LogP contribution in [-0.4, -0.2) is 46.7 Å². The molecule has 0 saturated heterocycles. The number of ether oxygens (including phenoxy) is 1. The van der Waals surface area contributed by atoms with E-state index in [1.165, 1.54) is 0 Å². The van der Waals surface area contributed by atoms with E-state index < -0.39 is 17.1 Å². The van der Waals surface area contributed by atoms with Crippen molar-refractivity contribution >= 4 is 11.6 Å². The second kappa shape index (κ2) is 6.11. The molecular formula is C21H34O5. The van der Waals surface area contributed by atoms with Crippen LogP contribution in [0, 0.1) is 34.5 Å². The van der Waals surface area contributed by atoms with Gasteiger partial charge in [-0.2, -0.15) is 0 Å². The van der Waals surface area contributed by atoms with E-state index >= 15 is 0 Å². The summed E-state index contributed by atoms with van der Waals surface area (Å²) in [6.45, 7) is 9.50. The summed E-state index contributed by atoms with van der Waals surface area (Å²) in [7, 11) is 1.64. The summed E-state index contributed by atoms with van der Waals surface area (Å²) in [5.41, 5.74) is -2.77. The molecule has 3 aliphatic rings. The van der Waals surface area contributed by atoms with E-state index in [2.05, 4.69) is 6.92 Å². The largest absolute Gasteiger partial charge is 0.390 e. The number of aliphatic hydroxyl groups is 2. The van der Waals surface area contributed by atoms with Gasteiger partial charge in [0, 0.05) is 19.4 Å². The minimum atomic E-state index is -1.31. The molecule has 2 N–H and O–H groups in total. The Bertz CT molecular complexity index is 610. The first kappa shape index (κ1) is 20.0. The molecule has 0 aromatic heterocycles. The molecule has 26 heavy (non-hydrogen) atoms. The molecule has 3 fully saturated rings. The number of methoxy groups -OCH3 is 1. The molecule has 0 spiro atoms. The molecule has 3 aliphatic carbocycles. The summed E-state index contributed by atoms with van der Waals surface area (Å²) in [4.78, 5) is 26.7. The first-order valence-electron chi connectivity index (χ1n) is 9.87. The molecule has 0 amide bonds. The minimum Gasteiger partial charge on any atom is -0.390 e. The van der Waals surface area contributed by atoms with Gasteiger partial charge in [0.15, 0.2) is 0 Å². The lowest BCUT2D eigenvalue weighted by Crippen LogP contribution is -2.46. The molecular weight excluding hydrogens is 332 g/mol. The van der Waals surface area contributed by atoms with Crippen LogP contribution in [0.15, 0.2) is 0 Å². The van der Waals surface area contributed by atoms with Gasteiger partial charge in [0.1, 0.15) is 11.6 Å². The van der Waals surface area contributed by atoms with Crippen molar-refractivity contribution in [1.82, 2.24) is 0 Å². The fourth-order valence-electron chi connectivity index (χ4n) is 6.36. The summed E-state index contributed by atoms with van der Waals surface area (Å²) >= 11 is 0. The van der Waals surface area contributed by atoms with Crippen molar-refractivity contribution in [2.45, 2.75) is 78.1 Å². The predicted molar refractivity (Wildman–Crippen MR) is 97.4 cm³/mol. The number of fused-ring (bicyclic) bond motifs is 2. The lowest BCUT2D eigenvalue weighted by atomic mass is 9.64. The standard InChI is InChI=1S/C21H34O5/c1-11-7-12-13(17(11)26-6)9-20(4,25)15(22)8-14-19(2,3)10-16(23)21(14,5)18(12)24/h11-15,17,22,25H,7-10H2,1-6H3/t11-,12+,13+,14+,15+,17+,20-,21+/m1/s1. The molecule has 0 aromatic rings. The van der Waals surface area contributed by atoms with Crippen LogP contribution in [0.1, 0.15) is 60.3 Å². The Labute approximate surface area is 156 Å². The average molecular weight is 366 g/mol. The molecule has 0 aliphatic heterocycles. The van der Waals surface area contributed by atoms with E-state index in [1.54, 1.807) is 21.0 Å². The average Bonchev–Trinajstić information content (AvgIpc) is 2.92. The number of aliphatic hydroxyl groups excluding tert-OH is 1. The van der Waals surface area contributed by atoms with E-state index in [0.717, 1.165) is 0 Å². The van der Waals surface area contributed by atoms with Gasteiger partial charge >= 0.3 is 0 Å². The molecule has 0 unspecified atom stereocenters. The van der Waals surface area contributed by atoms with Gasteiger partial charge in [-0.25, -0.2) is 0 Å². The summed E-state index contributed by atoms with van der Waals surface area (Å²) in [6.07, 6.45) is 0.467. The Balaban J connectivity index is 2.14. The van der Waals surface area contributed by atoms with Crippen LogP contribution in [-0.2, 0) is 14.3 Å². The third kappa shape index (κ3) is 2.70. The van der Waals surface area contributed by atoms with Crippen molar-refractivity contribution < 1.29 is 24.5 Å². The van der Waals surface area contributed by atoms with Gasteiger partial charge in [-0.05, 0) is 56.3 Å². The number of hydrogen-bond donors (Lipinski definition) is 2. The van der Waals surface area contributed by atoms with Crippen molar-refractivity contribution in [2.24, 2.45) is 34.5 Å². The van der Waals surface area contributed by atoms with E-state index in [1.807, 2.05) is 13.8 Å². The Kier molecular flexibility index (Phi) is 4.69. The predicted octanol–water partition coefficient (Wildman–Crippen LogP) is 2.37. The topological polar surface area (TPSA) is 83.8 Å². The maximum atomic E-state index is 13.7. The van der Waals surface area contributed by atoms with E-state index in [-0.39, 0.29) is 53.2 Å². The number of carbonyl (C=O) groups is 2. The zero-order valence-corrected chi connectivity index (χ0v) is 16.9. The lowest BCUT2D eigenvalue weighted by Gasteiger charge is -2.39. The molecule has 0 radical (unpaired) electrons. The van der Waals surface area contributed by atoms with Crippen molar-refractivity contribution in [3.8, 4) is 0 Å². The minimum absolute atomic E-state index is 0.000579. The highest BCUT2D eigenvalue weighted by molar-refractivity contribution is 6.10. The number of carbonyl (C=O) groups excluding carboxylic acids is 2. The molecule has 148 valence electrons. The summed E-state index contributed by atoms with van der Waals surface area (Å²) < 4.78 is 5.69. The third-order valence-corrected chi connectivity index (χ3v) is 7.91. The van der Waals surface area contributed by atoms with E-state index in [0.29, 0.717) is 19.3 Å². The van der Waals surface area contributed by atoms with Gasteiger partial charge in [-0.3, -0.25) is 9.59 Å². The molecule has 3 saturated carbocycles. The van der Waals surface area contributed by atoms with Gasteiger partial charge in [0.25, 0.3) is 0 Å². The second-order valence-electron chi connectivity index (χ2n) is 10.2. The molecule has 3 rings (SSSR count). The first-order chi connectivity index (χ1) is 11.9. The fourth-order valence-corrected chi connectivity index (χ4v) is 6.36. The Morgan fingerprint density at radius 2 is 1.73 bits per heavy atom. The summed E-state index contributed by atoms with van der Waals surface area (Å²) in [5.74, 6) is -0.598. The van der Waals surface area contributed by atoms with Crippen LogP contribution in [0.2, 0.25) is 0 Å². The smallest absolute Gasteiger partial charge is 0.149 e. The van der Waals surface area contributed by atoms with Crippen LogP contribution in [0.3, 0.4) is 0 Å². The molecule has 0 heterocycles. The maximum Gasteiger partial charge on any atom is 0.149 e. The molecule has 5 heteroatoms. The van der Waals surface area contributed by atoms with E-state index in [4.69, 9.17) is 4.74 Å². The number of rotatable bonds is 1. The highest BCUT2D eigenvalue weighted by Crippen LogP contribution is 2.58. The SMILES string of the molecule is CO[C@@H]1[C@H]2C[C@@](C)(O)[C@@H](O)C[C@H]3C(C)(C)CC(=O)[C@@]3(C)C(=O)[C@H]2C[C@H]1C. The fraction of sp³-hybridized carbons (Fsp3) is 0.905. The van der Waals surface area contributed by atoms with Gasteiger partial charge in [0.2, 0.25) is 0 Å². The zero-order chi connectivity index (χ0) is 19.7. The normalized spacial score (nSPS) is 51.4. The van der Waals surface area contributed by atoms with Crippen molar-refractivity contribution in [3.05, 3.63) is 0 Å². The highest BCUT2D eigenvalue weighted by atomic mass is 16.5. The third-order valence-electron chi connectivity index (χ3n) is 7.91. The van der Waals surface area contributed by atoms with Gasteiger partial charge in [-0.15, -0.1) is 0 Å². The monoisotopic (exact) mass is 366 g/mol. The van der Waals surface area contributed by atoms with Crippen LogP contribution in [0.4, 0.5) is 0 Å². The quantitative estimate of drug-likeness (QED) is 0.696. The number of ketones is 2. The molecule has 5 nitrogen and oxygen atoms in total. The van der Waals surface area contributed by atoms with Gasteiger partial charge in [-0.1, -0.05) is 20.8 Å². The Hall–Kier alpha value is -0.780. The van der Waals surface area contributed by atoms with Crippen LogP contribution in [0.25, 0.3) is 0 Å². The van der Waals surface area contributed by atoms with Crippen molar-refractivity contribution in [1.29, 1.82) is 0 Å². The van der Waals surface area contributed by atoms with Gasteiger partial charge in [0.05, 0.1) is 23.2 Å². The molecule has 0 aromatic carbocycles. The van der Waals surface area contributed by atoms with Crippen molar-refractivity contribution in [2.75, 3.05) is 7.11 Å². The zero-order valence-electron chi connectivity index (χ0n) is 16.9. The molecule has 8 atom stereocenters. The van der Waals surface area contributed by atoms with E-state index in [9.17, 15) is 19.8 Å². The van der Waals surface area contributed by atoms with Crippen molar-refractivity contribution in [3.63, 3.8) is 0 Å². The lowest BCUT2D eigenvalue weighted by molar-refractivity contribution is -0.144. The van der Waals surface area contributed by atoms with Crippen LogP contribution in [0.5, 0.6) is 0 Å². The highest BCUT2D eigenvalue weighted by Gasteiger charge is 2.64. The summed E-state index contributed by atoms with van der Waals surface area (Å²) in [6, 6.07) is 0. The Morgan fingerprint density at radius 1 is 1.12 bits per heavy atom. The van der Waals surface area contributed by atoms with Gasteiger partial charge < -0.3 is 14.9 Å². The number of Topliss-reactive ketones (excluding diaryl/α,β-unsaturated/α-hetero) is 2.